The van der Waals surface area contributed by atoms with Crippen molar-refractivity contribution in [3.63, 3.8) is 0 Å². The van der Waals surface area contributed by atoms with Crippen LogP contribution in [0.5, 0.6) is 5.75 Å². The van der Waals surface area contributed by atoms with E-state index in [0.717, 1.165) is 30.1 Å². The van der Waals surface area contributed by atoms with Crippen LogP contribution in [0.25, 0.3) is 0 Å². The number of hydrogen-bond donors (Lipinski definition) is 0. The van der Waals surface area contributed by atoms with Crippen LogP contribution in [0.15, 0.2) is 40.8 Å². The molecule has 0 atom stereocenters. The summed E-state index contributed by atoms with van der Waals surface area (Å²) in [5.41, 5.74) is 1.18. The van der Waals surface area contributed by atoms with Gasteiger partial charge in [-0.25, -0.2) is 0 Å². The monoisotopic (exact) mass is 356 g/mol. The van der Waals surface area contributed by atoms with Crippen molar-refractivity contribution in [1.82, 2.24) is 9.80 Å². The smallest absolute Gasteiger partial charge is 0.237 e. The Labute approximate surface area is 155 Å². The normalized spacial score (nSPS) is 13.8. The molecule has 5 heteroatoms. The summed E-state index contributed by atoms with van der Waals surface area (Å²) < 4.78 is 11.4. The lowest BCUT2D eigenvalue weighted by Gasteiger charge is -2.24. The molecular weight excluding hydrogens is 328 g/mol. The molecule has 1 amide bonds. The lowest BCUT2D eigenvalue weighted by atomic mass is 10.2. The third-order valence-electron chi connectivity index (χ3n) is 4.57. The number of amides is 1. The zero-order chi connectivity index (χ0) is 18.5. The van der Waals surface area contributed by atoms with E-state index in [0.29, 0.717) is 32.3 Å². The number of aryl methyl sites for hydroxylation is 2. The number of carbonyl (C=O) groups is 1. The first kappa shape index (κ1) is 18.5. The predicted molar refractivity (Wildman–Crippen MR) is 101 cm³/mol. The zero-order valence-electron chi connectivity index (χ0n) is 15.9. The van der Waals surface area contributed by atoms with Crippen LogP contribution in [0.3, 0.4) is 0 Å². The summed E-state index contributed by atoms with van der Waals surface area (Å²) in [6.07, 6.45) is 2.18. The van der Waals surface area contributed by atoms with E-state index < -0.39 is 0 Å². The minimum atomic E-state index is 0.152. The van der Waals surface area contributed by atoms with E-state index in [-0.39, 0.29) is 5.91 Å². The average Bonchev–Trinajstić information content (AvgIpc) is 3.34. The summed E-state index contributed by atoms with van der Waals surface area (Å²) in [4.78, 5) is 16.7. The van der Waals surface area contributed by atoms with Gasteiger partial charge < -0.3 is 14.1 Å². The molecule has 140 valence electrons. The van der Waals surface area contributed by atoms with Crippen LogP contribution in [-0.2, 0) is 11.3 Å². The third kappa shape index (κ3) is 5.36. The van der Waals surface area contributed by atoms with Crippen molar-refractivity contribution in [2.75, 3.05) is 26.7 Å². The molecule has 0 saturated heterocycles. The topological polar surface area (TPSA) is 45.9 Å². The van der Waals surface area contributed by atoms with Crippen molar-refractivity contribution in [3.8, 4) is 5.75 Å². The van der Waals surface area contributed by atoms with Crippen molar-refractivity contribution >= 4 is 5.91 Å². The molecule has 1 heterocycles. The van der Waals surface area contributed by atoms with Crippen LogP contribution in [0.1, 0.15) is 29.9 Å². The second-order valence-electron chi connectivity index (χ2n) is 7.17. The van der Waals surface area contributed by atoms with Gasteiger partial charge in [-0.3, -0.25) is 9.69 Å². The number of ether oxygens (including phenoxy) is 1. The van der Waals surface area contributed by atoms with Gasteiger partial charge in [-0.1, -0.05) is 12.1 Å². The Morgan fingerprint density at radius 3 is 2.69 bits per heavy atom. The molecule has 0 unspecified atom stereocenters. The molecule has 1 aromatic carbocycles. The van der Waals surface area contributed by atoms with E-state index in [2.05, 4.69) is 0 Å². The fourth-order valence-electron chi connectivity index (χ4n) is 2.97. The molecule has 0 radical (unpaired) electrons. The molecule has 1 aliphatic rings. The molecule has 5 nitrogen and oxygen atoms in total. The van der Waals surface area contributed by atoms with E-state index in [1.807, 2.05) is 67.1 Å². The van der Waals surface area contributed by atoms with Crippen molar-refractivity contribution in [2.24, 2.45) is 0 Å². The Bertz CT molecular complexity index is 736. The van der Waals surface area contributed by atoms with Gasteiger partial charge in [0.2, 0.25) is 5.91 Å². The first-order chi connectivity index (χ1) is 12.5. The minimum absolute atomic E-state index is 0.152. The van der Waals surface area contributed by atoms with Gasteiger partial charge in [0.1, 0.15) is 23.9 Å². The highest BCUT2D eigenvalue weighted by Gasteiger charge is 2.33. The molecule has 0 aliphatic heterocycles. The fraction of sp³-hybridized carbons (Fsp3) is 0.476. The molecule has 0 N–H and O–H groups in total. The highest BCUT2D eigenvalue weighted by atomic mass is 16.5. The fourth-order valence-corrected chi connectivity index (χ4v) is 2.97. The number of carbonyl (C=O) groups excluding carboxylic acids is 1. The maximum Gasteiger partial charge on any atom is 0.237 e. The summed E-state index contributed by atoms with van der Waals surface area (Å²) in [6.45, 7) is 6.20. The maximum atomic E-state index is 12.7. The molecule has 0 bridgehead atoms. The van der Waals surface area contributed by atoms with E-state index in [1.165, 1.54) is 5.56 Å². The van der Waals surface area contributed by atoms with E-state index in [1.54, 1.807) is 0 Å². The van der Waals surface area contributed by atoms with Gasteiger partial charge in [-0.2, -0.15) is 0 Å². The minimum Gasteiger partial charge on any atom is -0.492 e. The Morgan fingerprint density at radius 1 is 1.23 bits per heavy atom. The van der Waals surface area contributed by atoms with Crippen LogP contribution < -0.4 is 4.74 Å². The summed E-state index contributed by atoms with van der Waals surface area (Å²) >= 11 is 0. The van der Waals surface area contributed by atoms with Crippen molar-refractivity contribution in [1.29, 1.82) is 0 Å². The molecule has 1 aromatic heterocycles. The van der Waals surface area contributed by atoms with Gasteiger partial charge in [0.25, 0.3) is 0 Å². The highest BCUT2D eigenvalue weighted by Crippen LogP contribution is 2.29. The Kier molecular flexibility index (Phi) is 5.99. The standard InChI is InChI=1S/C21H28N2O3/c1-16-5-4-6-19(13-16)25-12-11-22(3)15-21(24)23(18-8-9-18)14-20-10-7-17(2)26-20/h4-7,10,13,18H,8-9,11-12,14-15H2,1-3H3. The number of likely N-dealkylation sites (N-methyl/N-ethyl adjacent to an activating group) is 1. The molecule has 3 rings (SSSR count). The lowest BCUT2D eigenvalue weighted by molar-refractivity contribution is -0.133. The maximum absolute atomic E-state index is 12.7. The number of furan rings is 1. The van der Waals surface area contributed by atoms with E-state index in [4.69, 9.17) is 9.15 Å². The van der Waals surface area contributed by atoms with Crippen molar-refractivity contribution in [3.05, 3.63) is 53.5 Å². The number of hydrogen-bond acceptors (Lipinski definition) is 4. The van der Waals surface area contributed by atoms with Gasteiger partial charge in [-0.15, -0.1) is 0 Å². The van der Waals surface area contributed by atoms with Crippen LogP contribution >= 0.6 is 0 Å². The SMILES string of the molecule is Cc1cccc(OCCN(C)CC(=O)N(Cc2ccc(C)o2)C2CC2)c1. The number of benzene rings is 1. The first-order valence-corrected chi connectivity index (χ1v) is 9.24. The molecular formula is C21H28N2O3. The van der Waals surface area contributed by atoms with Gasteiger partial charge in [0, 0.05) is 12.6 Å². The number of nitrogens with zero attached hydrogens (tertiary/aromatic N) is 2. The Morgan fingerprint density at radius 2 is 2.04 bits per heavy atom. The van der Waals surface area contributed by atoms with Crippen LogP contribution in [0.2, 0.25) is 0 Å². The predicted octanol–water partition coefficient (Wildman–Crippen LogP) is 3.40. The Hall–Kier alpha value is -2.27. The summed E-state index contributed by atoms with van der Waals surface area (Å²) in [7, 11) is 1.96. The Balaban J connectivity index is 1.46. The van der Waals surface area contributed by atoms with Gasteiger partial charge in [0.15, 0.2) is 0 Å². The zero-order valence-corrected chi connectivity index (χ0v) is 15.9. The van der Waals surface area contributed by atoms with Gasteiger partial charge >= 0.3 is 0 Å². The van der Waals surface area contributed by atoms with Crippen molar-refractivity contribution < 1.29 is 13.9 Å². The van der Waals surface area contributed by atoms with Crippen LogP contribution in [0, 0.1) is 13.8 Å². The molecule has 1 fully saturated rings. The summed E-state index contributed by atoms with van der Waals surface area (Å²) in [5.74, 6) is 2.76. The van der Waals surface area contributed by atoms with Gasteiger partial charge in [0.05, 0.1) is 13.1 Å². The highest BCUT2D eigenvalue weighted by molar-refractivity contribution is 5.78. The molecule has 1 saturated carbocycles. The van der Waals surface area contributed by atoms with Crippen molar-refractivity contribution in [2.45, 2.75) is 39.3 Å². The van der Waals surface area contributed by atoms with Gasteiger partial charge in [-0.05, 0) is 63.6 Å². The molecule has 2 aromatic rings. The summed E-state index contributed by atoms with van der Waals surface area (Å²) in [5, 5.41) is 0. The van der Waals surface area contributed by atoms with Crippen LogP contribution in [-0.4, -0.2) is 48.5 Å². The molecule has 0 spiro atoms. The second kappa shape index (κ2) is 8.41. The quantitative estimate of drug-likeness (QED) is 0.691. The largest absolute Gasteiger partial charge is 0.492 e. The number of rotatable bonds is 9. The molecule has 1 aliphatic carbocycles. The average molecular weight is 356 g/mol. The van der Waals surface area contributed by atoms with E-state index in [9.17, 15) is 4.79 Å². The summed E-state index contributed by atoms with van der Waals surface area (Å²) in [6, 6.07) is 12.3. The third-order valence-corrected chi connectivity index (χ3v) is 4.57. The second-order valence-corrected chi connectivity index (χ2v) is 7.17. The first-order valence-electron chi connectivity index (χ1n) is 9.24. The molecule has 26 heavy (non-hydrogen) atoms. The lowest BCUT2D eigenvalue weighted by Crippen LogP contribution is -2.40. The van der Waals surface area contributed by atoms with E-state index >= 15 is 0 Å². The van der Waals surface area contributed by atoms with Crippen LogP contribution in [0.4, 0.5) is 0 Å².